The maximum atomic E-state index is 12.1. The lowest BCUT2D eigenvalue weighted by Crippen LogP contribution is -2.47. The van der Waals surface area contributed by atoms with Crippen molar-refractivity contribution >= 4 is 35.1 Å². The minimum Gasteiger partial charge on any atom is -0.480 e. The minimum absolute atomic E-state index is 0.204. The molecule has 0 fully saturated rings. The molecule has 0 amide bonds. The molecule has 0 aromatic heterocycles. The van der Waals surface area contributed by atoms with Gasteiger partial charge < -0.3 is 9.84 Å². The van der Waals surface area contributed by atoms with Gasteiger partial charge in [-0.25, -0.2) is 0 Å². The van der Waals surface area contributed by atoms with Gasteiger partial charge in [-0.2, -0.15) is 0 Å². The van der Waals surface area contributed by atoms with E-state index in [1.165, 1.54) is 0 Å². The first-order valence-electron chi connectivity index (χ1n) is 7.13. The molecule has 2 atom stereocenters. The summed E-state index contributed by atoms with van der Waals surface area (Å²) in [5, 5.41) is 7.52. The third-order valence-corrected chi connectivity index (χ3v) is 4.32. The van der Waals surface area contributed by atoms with E-state index in [0.717, 1.165) is 32.1 Å². The topological polar surface area (TPSA) is 63.6 Å². The average Bonchev–Trinajstić information content (AvgIpc) is 2.42. The van der Waals surface area contributed by atoms with Gasteiger partial charge in [0.2, 0.25) is 0 Å². The van der Waals surface area contributed by atoms with Crippen molar-refractivity contribution in [1.29, 1.82) is 0 Å². The fourth-order valence-corrected chi connectivity index (χ4v) is 2.28. The molecule has 0 saturated heterocycles. The van der Waals surface area contributed by atoms with Gasteiger partial charge in [-0.15, -0.1) is 23.2 Å². The normalized spacial score (nSPS) is 15.4. The number of carboxylic acid groups (broad SMARTS) is 1. The molecule has 0 aromatic carbocycles. The van der Waals surface area contributed by atoms with E-state index in [-0.39, 0.29) is 13.0 Å². The van der Waals surface area contributed by atoms with Crippen LogP contribution in [0.15, 0.2) is 0 Å². The molecule has 0 aromatic rings. The molecule has 118 valence electrons. The monoisotopic (exact) mass is 326 g/mol. The van der Waals surface area contributed by atoms with Gasteiger partial charge >= 0.3 is 11.9 Å². The van der Waals surface area contributed by atoms with Crippen LogP contribution in [0.2, 0.25) is 0 Å². The maximum Gasteiger partial charge on any atom is 0.329 e. The van der Waals surface area contributed by atoms with Crippen molar-refractivity contribution in [1.82, 2.24) is 0 Å². The van der Waals surface area contributed by atoms with E-state index in [9.17, 15) is 9.59 Å². The van der Waals surface area contributed by atoms with Gasteiger partial charge in [0.1, 0.15) is 0 Å². The Morgan fingerprint density at radius 2 is 1.70 bits per heavy atom. The molecule has 0 heterocycles. The van der Waals surface area contributed by atoms with Gasteiger partial charge in [0.05, 0.1) is 6.61 Å². The summed E-state index contributed by atoms with van der Waals surface area (Å²) in [6.07, 6.45) is 5.34. The van der Waals surface area contributed by atoms with E-state index in [0.29, 0.717) is 6.42 Å². The summed E-state index contributed by atoms with van der Waals surface area (Å²) in [6.45, 7) is 4.30. The molecule has 0 rings (SSSR count). The first-order chi connectivity index (χ1) is 9.40. The van der Waals surface area contributed by atoms with Crippen molar-refractivity contribution in [2.24, 2.45) is 0 Å². The lowest BCUT2D eigenvalue weighted by atomic mass is 9.96. The number of carbonyl (C=O) groups excluding carboxylic acids is 1. The number of unbranched alkanes of at least 4 members (excludes halogenated alkanes) is 4. The molecule has 20 heavy (non-hydrogen) atoms. The summed E-state index contributed by atoms with van der Waals surface area (Å²) < 4.78 is 5.09. The number of ether oxygens (including phenoxy) is 1. The smallest absolute Gasteiger partial charge is 0.329 e. The Labute approximate surface area is 130 Å². The van der Waals surface area contributed by atoms with Gasteiger partial charge in [0.15, 0.2) is 10.3 Å². The summed E-state index contributed by atoms with van der Waals surface area (Å²) in [7, 11) is 0. The van der Waals surface area contributed by atoms with E-state index in [1.807, 2.05) is 13.8 Å². The Hall–Kier alpha value is -0.480. The van der Waals surface area contributed by atoms with Crippen LogP contribution in [0, 0.1) is 0 Å². The molecule has 6 heteroatoms. The molecular formula is C14H24Cl2O4. The second-order valence-corrected chi connectivity index (χ2v) is 5.97. The van der Waals surface area contributed by atoms with Crippen LogP contribution in [0.1, 0.15) is 58.8 Å². The molecule has 0 aliphatic rings. The van der Waals surface area contributed by atoms with E-state index in [2.05, 4.69) is 0 Å². The second-order valence-electron chi connectivity index (χ2n) is 4.86. The minimum atomic E-state index is -1.69. The number of hydrogen-bond acceptors (Lipinski definition) is 3. The Kier molecular flexibility index (Phi) is 10.0. The van der Waals surface area contributed by atoms with Crippen LogP contribution in [-0.2, 0) is 14.3 Å². The van der Waals surface area contributed by atoms with Crippen LogP contribution in [0.3, 0.4) is 0 Å². The highest BCUT2D eigenvalue weighted by molar-refractivity contribution is 6.44. The van der Waals surface area contributed by atoms with Crippen molar-refractivity contribution < 1.29 is 19.4 Å². The van der Waals surface area contributed by atoms with E-state index in [4.69, 9.17) is 33.0 Å². The summed E-state index contributed by atoms with van der Waals surface area (Å²) in [5.74, 6) is -2.03. The first-order valence-corrected chi connectivity index (χ1v) is 7.94. The number of aliphatic carboxylic acids is 1. The molecule has 0 bridgehead atoms. The standard InChI is InChI=1S/C14H24Cl2O4/c1-3-5-7-9-14(16,11(15)12(17)18)13(19)20-10-8-6-4-2/h11H,3-10H2,1-2H3,(H,17,18). The number of esters is 1. The van der Waals surface area contributed by atoms with Crippen molar-refractivity contribution in [2.75, 3.05) is 6.61 Å². The number of halogens is 2. The molecule has 4 nitrogen and oxygen atoms in total. The number of carbonyl (C=O) groups is 2. The highest BCUT2D eigenvalue weighted by atomic mass is 35.5. The van der Waals surface area contributed by atoms with Crippen molar-refractivity contribution in [3.63, 3.8) is 0 Å². The van der Waals surface area contributed by atoms with E-state index >= 15 is 0 Å². The number of alkyl halides is 2. The molecule has 0 saturated carbocycles. The van der Waals surface area contributed by atoms with Crippen LogP contribution < -0.4 is 0 Å². The van der Waals surface area contributed by atoms with Gasteiger partial charge in [-0.3, -0.25) is 9.59 Å². The Balaban J connectivity index is 4.64. The van der Waals surface area contributed by atoms with Gasteiger partial charge in [0, 0.05) is 0 Å². The third-order valence-electron chi connectivity index (χ3n) is 3.08. The molecule has 0 aliphatic heterocycles. The third kappa shape index (κ3) is 6.31. The largest absolute Gasteiger partial charge is 0.480 e. The van der Waals surface area contributed by atoms with Crippen LogP contribution >= 0.6 is 23.2 Å². The van der Waals surface area contributed by atoms with Crippen molar-refractivity contribution in [3.05, 3.63) is 0 Å². The van der Waals surface area contributed by atoms with Crippen molar-refractivity contribution in [2.45, 2.75) is 69.0 Å². The number of hydrogen-bond donors (Lipinski definition) is 1. The molecular weight excluding hydrogens is 303 g/mol. The summed E-state index contributed by atoms with van der Waals surface area (Å²) >= 11 is 12.0. The molecule has 0 spiro atoms. The highest BCUT2D eigenvalue weighted by Gasteiger charge is 2.48. The second kappa shape index (κ2) is 10.3. The zero-order chi connectivity index (χ0) is 15.6. The summed E-state index contributed by atoms with van der Waals surface area (Å²) in [4.78, 5) is 21.4. The lowest BCUT2D eigenvalue weighted by molar-refractivity contribution is -0.151. The fourth-order valence-electron chi connectivity index (χ4n) is 1.80. The van der Waals surface area contributed by atoms with Crippen LogP contribution in [0.25, 0.3) is 0 Å². The van der Waals surface area contributed by atoms with Gasteiger partial charge in [0.25, 0.3) is 0 Å². The van der Waals surface area contributed by atoms with Gasteiger partial charge in [-0.1, -0.05) is 46.0 Å². The molecule has 1 N–H and O–H groups in total. The quantitative estimate of drug-likeness (QED) is 0.354. The Morgan fingerprint density at radius 3 is 2.20 bits per heavy atom. The predicted molar refractivity (Wildman–Crippen MR) is 80.5 cm³/mol. The predicted octanol–water partition coefficient (Wildman–Crippen LogP) is 3.97. The van der Waals surface area contributed by atoms with Crippen molar-refractivity contribution in [3.8, 4) is 0 Å². The van der Waals surface area contributed by atoms with E-state index < -0.39 is 22.2 Å². The maximum absolute atomic E-state index is 12.1. The number of rotatable bonds is 11. The summed E-state index contributed by atoms with van der Waals surface area (Å²) in [6, 6.07) is 0. The van der Waals surface area contributed by atoms with Crippen LogP contribution in [0.4, 0.5) is 0 Å². The SMILES string of the molecule is CCCCCOC(=O)C(Cl)(CCCCC)C(Cl)C(=O)O. The zero-order valence-electron chi connectivity index (χ0n) is 12.2. The molecule has 2 unspecified atom stereocenters. The number of carboxylic acids is 1. The van der Waals surface area contributed by atoms with Crippen LogP contribution in [-0.4, -0.2) is 33.9 Å². The lowest BCUT2D eigenvalue weighted by Gasteiger charge is -2.27. The molecule has 0 aliphatic carbocycles. The van der Waals surface area contributed by atoms with Gasteiger partial charge in [-0.05, 0) is 12.8 Å². The molecule has 0 radical (unpaired) electrons. The summed E-state index contributed by atoms with van der Waals surface area (Å²) in [5.41, 5.74) is 0. The highest BCUT2D eigenvalue weighted by Crippen LogP contribution is 2.32. The van der Waals surface area contributed by atoms with E-state index in [1.54, 1.807) is 0 Å². The fraction of sp³-hybridized carbons (Fsp3) is 0.857. The van der Waals surface area contributed by atoms with Crippen LogP contribution in [0.5, 0.6) is 0 Å². The Morgan fingerprint density at radius 1 is 1.15 bits per heavy atom. The first kappa shape index (κ1) is 19.5. The Bertz CT molecular complexity index is 310. The zero-order valence-corrected chi connectivity index (χ0v) is 13.7. The average molecular weight is 327 g/mol.